The van der Waals surface area contributed by atoms with E-state index in [1.165, 1.54) is 19.3 Å². The SMILES string of the molecule is Fc1cccc(CNC2CC2)c1N1CCOC2CCCC21. The molecule has 4 heteroatoms. The van der Waals surface area contributed by atoms with Gasteiger partial charge in [-0.05, 0) is 43.7 Å². The summed E-state index contributed by atoms with van der Waals surface area (Å²) in [6.45, 7) is 2.29. The lowest BCUT2D eigenvalue weighted by Crippen LogP contribution is -2.49. The molecule has 0 radical (unpaired) electrons. The van der Waals surface area contributed by atoms with Crippen molar-refractivity contribution in [3.8, 4) is 0 Å². The van der Waals surface area contributed by atoms with Crippen LogP contribution >= 0.6 is 0 Å². The largest absolute Gasteiger partial charge is 0.374 e. The van der Waals surface area contributed by atoms with Crippen LogP contribution in [0.1, 0.15) is 37.7 Å². The van der Waals surface area contributed by atoms with Crippen molar-refractivity contribution in [3.63, 3.8) is 0 Å². The van der Waals surface area contributed by atoms with Gasteiger partial charge in [-0.1, -0.05) is 12.1 Å². The molecule has 1 aromatic carbocycles. The lowest BCUT2D eigenvalue weighted by molar-refractivity contribution is 0.0253. The number of nitrogens with zero attached hydrogens (tertiary/aromatic N) is 1. The van der Waals surface area contributed by atoms with Gasteiger partial charge in [0, 0.05) is 19.1 Å². The molecule has 2 saturated carbocycles. The molecule has 1 aromatic rings. The number of benzene rings is 1. The van der Waals surface area contributed by atoms with Gasteiger partial charge >= 0.3 is 0 Å². The Morgan fingerprint density at radius 1 is 1.24 bits per heavy atom. The molecule has 0 aromatic heterocycles. The average molecular weight is 290 g/mol. The van der Waals surface area contributed by atoms with E-state index in [0.717, 1.165) is 37.2 Å². The molecule has 2 atom stereocenters. The highest BCUT2D eigenvalue weighted by atomic mass is 19.1. The normalized spacial score (nSPS) is 28.7. The van der Waals surface area contributed by atoms with Crippen molar-refractivity contribution in [3.05, 3.63) is 29.6 Å². The molecule has 0 amide bonds. The van der Waals surface area contributed by atoms with Crippen molar-refractivity contribution in [2.24, 2.45) is 0 Å². The van der Waals surface area contributed by atoms with Crippen LogP contribution in [0, 0.1) is 5.82 Å². The number of rotatable bonds is 4. The van der Waals surface area contributed by atoms with Gasteiger partial charge in [0.25, 0.3) is 0 Å². The van der Waals surface area contributed by atoms with Gasteiger partial charge in [0.05, 0.1) is 24.4 Å². The Balaban J connectivity index is 1.62. The van der Waals surface area contributed by atoms with Gasteiger partial charge < -0.3 is 15.0 Å². The minimum absolute atomic E-state index is 0.0855. The number of hydrogen-bond acceptors (Lipinski definition) is 3. The van der Waals surface area contributed by atoms with Crippen molar-refractivity contribution in [2.45, 2.75) is 56.8 Å². The molecule has 1 saturated heterocycles. The van der Waals surface area contributed by atoms with Gasteiger partial charge in [0.1, 0.15) is 5.82 Å². The number of hydrogen-bond donors (Lipinski definition) is 1. The Hall–Kier alpha value is -1.13. The zero-order valence-electron chi connectivity index (χ0n) is 12.4. The number of morpholine rings is 1. The maximum Gasteiger partial charge on any atom is 0.146 e. The van der Waals surface area contributed by atoms with E-state index in [2.05, 4.69) is 16.3 Å². The number of nitrogens with one attached hydrogen (secondary N) is 1. The molecule has 0 bridgehead atoms. The first-order valence-electron chi connectivity index (χ1n) is 8.22. The van der Waals surface area contributed by atoms with Gasteiger partial charge in [-0.25, -0.2) is 4.39 Å². The molecule has 1 aliphatic heterocycles. The zero-order chi connectivity index (χ0) is 14.2. The van der Waals surface area contributed by atoms with Crippen LogP contribution in [0.3, 0.4) is 0 Å². The highest BCUT2D eigenvalue weighted by Gasteiger charge is 2.37. The van der Waals surface area contributed by atoms with E-state index >= 15 is 0 Å². The van der Waals surface area contributed by atoms with Crippen molar-refractivity contribution in [1.82, 2.24) is 5.32 Å². The highest BCUT2D eigenvalue weighted by Crippen LogP contribution is 2.36. The fourth-order valence-electron chi connectivity index (χ4n) is 3.77. The van der Waals surface area contributed by atoms with E-state index in [1.807, 2.05) is 6.07 Å². The third kappa shape index (κ3) is 2.67. The summed E-state index contributed by atoms with van der Waals surface area (Å²) < 4.78 is 20.4. The monoisotopic (exact) mass is 290 g/mol. The summed E-state index contributed by atoms with van der Waals surface area (Å²) in [6.07, 6.45) is 6.23. The first-order valence-corrected chi connectivity index (χ1v) is 8.22. The van der Waals surface area contributed by atoms with E-state index in [9.17, 15) is 4.39 Å². The maximum atomic E-state index is 14.5. The molecule has 1 N–H and O–H groups in total. The second-order valence-corrected chi connectivity index (χ2v) is 6.50. The van der Waals surface area contributed by atoms with Crippen LogP contribution in [0.2, 0.25) is 0 Å². The summed E-state index contributed by atoms with van der Waals surface area (Å²) in [5, 5.41) is 3.51. The highest BCUT2D eigenvalue weighted by molar-refractivity contribution is 5.56. The number of anilines is 1. The van der Waals surface area contributed by atoms with E-state index in [4.69, 9.17) is 4.74 Å². The van der Waals surface area contributed by atoms with Crippen LogP contribution in [0.4, 0.5) is 10.1 Å². The molecule has 0 spiro atoms. The van der Waals surface area contributed by atoms with Crippen molar-refractivity contribution < 1.29 is 9.13 Å². The van der Waals surface area contributed by atoms with Crippen LogP contribution < -0.4 is 10.2 Å². The minimum Gasteiger partial charge on any atom is -0.374 e. The topological polar surface area (TPSA) is 24.5 Å². The van der Waals surface area contributed by atoms with Crippen molar-refractivity contribution in [2.75, 3.05) is 18.1 Å². The lowest BCUT2D eigenvalue weighted by atomic mass is 10.1. The fraction of sp³-hybridized carbons (Fsp3) is 0.647. The molecule has 114 valence electrons. The number of fused-ring (bicyclic) bond motifs is 1. The molecular formula is C17H23FN2O. The lowest BCUT2D eigenvalue weighted by Gasteiger charge is -2.40. The molecule has 3 aliphatic rings. The Bertz CT molecular complexity index is 518. The summed E-state index contributed by atoms with van der Waals surface area (Å²) in [5.41, 5.74) is 1.90. The van der Waals surface area contributed by atoms with Gasteiger partial charge in [-0.2, -0.15) is 0 Å². The van der Waals surface area contributed by atoms with Crippen LogP contribution in [-0.2, 0) is 11.3 Å². The van der Waals surface area contributed by atoms with E-state index < -0.39 is 0 Å². The molecular weight excluding hydrogens is 267 g/mol. The predicted molar refractivity (Wildman–Crippen MR) is 81.0 cm³/mol. The standard InChI is InChI=1S/C17H23FN2O/c18-14-4-1-3-12(11-19-13-7-8-13)17(14)20-9-10-21-16-6-2-5-15(16)20/h1,3-4,13,15-16,19H,2,5-11H2. The molecule has 3 nitrogen and oxygen atoms in total. The van der Waals surface area contributed by atoms with Crippen molar-refractivity contribution >= 4 is 5.69 Å². The number of halogens is 1. The van der Waals surface area contributed by atoms with Gasteiger partial charge in [-0.3, -0.25) is 0 Å². The van der Waals surface area contributed by atoms with E-state index in [0.29, 0.717) is 24.8 Å². The molecule has 3 fully saturated rings. The van der Waals surface area contributed by atoms with Gasteiger partial charge in [0.15, 0.2) is 0 Å². The summed E-state index contributed by atoms with van der Waals surface area (Å²) in [5.74, 6) is -0.0855. The summed E-state index contributed by atoms with van der Waals surface area (Å²) in [7, 11) is 0. The van der Waals surface area contributed by atoms with E-state index in [-0.39, 0.29) is 5.82 Å². The van der Waals surface area contributed by atoms with Crippen molar-refractivity contribution in [1.29, 1.82) is 0 Å². The minimum atomic E-state index is -0.0855. The third-order valence-corrected chi connectivity index (χ3v) is 5.00. The Morgan fingerprint density at radius 2 is 2.14 bits per heavy atom. The zero-order valence-corrected chi connectivity index (χ0v) is 12.4. The van der Waals surface area contributed by atoms with Crippen LogP contribution in [0.15, 0.2) is 18.2 Å². The number of ether oxygens (including phenoxy) is 1. The first kappa shape index (κ1) is 13.5. The van der Waals surface area contributed by atoms with E-state index in [1.54, 1.807) is 6.07 Å². The molecule has 4 rings (SSSR count). The van der Waals surface area contributed by atoms with Crippen LogP contribution in [0.5, 0.6) is 0 Å². The predicted octanol–water partition coefficient (Wildman–Crippen LogP) is 2.84. The Kier molecular flexibility index (Phi) is 3.59. The quantitative estimate of drug-likeness (QED) is 0.923. The summed E-state index contributed by atoms with van der Waals surface area (Å²) in [6, 6.07) is 6.48. The smallest absolute Gasteiger partial charge is 0.146 e. The number of para-hydroxylation sites is 1. The maximum absolute atomic E-state index is 14.5. The Labute approximate surface area is 125 Å². The second-order valence-electron chi connectivity index (χ2n) is 6.50. The molecule has 2 aliphatic carbocycles. The van der Waals surface area contributed by atoms with Gasteiger partial charge in [0.2, 0.25) is 0 Å². The second kappa shape index (κ2) is 5.58. The van der Waals surface area contributed by atoms with Crippen LogP contribution in [0.25, 0.3) is 0 Å². The van der Waals surface area contributed by atoms with Gasteiger partial charge in [-0.15, -0.1) is 0 Å². The fourth-order valence-corrected chi connectivity index (χ4v) is 3.77. The summed E-state index contributed by atoms with van der Waals surface area (Å²) >= 11 is 0. The molecule has 21 heavy (non-hydrogen) atoms. The average Bonchev–Trinajstić information content (AvgIpc) is 3.20. The summed E-state index contributed by atoms with van der Waals surface area (Å²) in [4.78, 5) is 2.28. The Morgan fingerprint density at radius 3 is 3.00 bits per heavy atom. The molecule has 2 unspecified atom stereocenters. The first-order chi connectivity index (χ1) is 10.3. The third-order valence-electron chi connectivity index (χ3n) is 5.00. The van der Waals surface area contributed by atoms with Crippen LogP contribution in [-0.4, -0.2) is 31.3 Å². The molecule has 1 heterocycles.